The van der Waals surface area contributed by atoms with Crippen molar-refractivity contribution in [3.05, 3.63) is 0 Å². The van der Waals surface area contributed by atoms with E-state index >= 15 is 0 Å². The smallest absolute Gasteiger partial charge is 0.265 e. The fourth-order valence-corrected chi connectivity index (χ4v) is 0.842. The minimum Gasteiger partial charge on any atom is -0.394 e. The highest BCUT2D eigenvalue weighted by molar-refractivity contribution is 5.85. The molecule has 0 aromatic heterocycles. The molecule has 0 aliphatic carbocycles. The highest BCUT2D eigenvalue weighted by atomic mass is 16.3. The molecule has 0 saturated carbocycles. The van der Waals surface area contributed by atoms with E-state index in [1.807, 2.05) is 0 Å². The number of aliphatic imine (C=N–C) groups is 1. The van der Waals surface area contributed by atoms with E-state index in [2.05, 4.69) is 10.4 Å². The fourth-order valence-electron chi connectivity index (χ4n) is 0.842. The van der Waals surface area contributed by atoms with Gasteiger partial charge in [-0.3, -0.25) is 20.2 Å². The molecule has 5 nitrogen and oxygen atoms in total. The zero-order valence-corrected chi connectivity index (χ0v) is 6.32. The van der Waals surface area contributed by atoms with Gasteiger partial charge in [0.25, 0.3) is 5.91 Å². The molecule has 1 rings (SSSR count). The normalized spacial score (nSPS) is 23.6. The highest BCUT2D eigenvalue weighted by Gasteiger charge is 2.21. The Bertz CT molecular complexity index is 181. The molecule has 1 heterocycles. The second-order valence-electron chi connectivity index (χ2n) is 2.30. The number of rotatable bonds is 2. The van der Waals surface area contributed by atoms with E-state index in [9.17, 15) is 4.79 Å². The first-order valence-electron chi connectivity index (χ1n) is 3.45. The van der Waals surface area contributed by atoms with Crippen LogP contribution in [0.1, 0.15) is 6.92 Å². The number of aliphatic hydroxyl groups is 1. The lowest BCUT2D eigenvalue weighted by Crippen LogP contribution is -2.50. The largest absolute Gasteiger partial charge is 0.394 e. The predicted molar refractivity (Wildman–Crippen MR) is 39.9 cm³/mol. The fraction of sp³-hybridized carbons (Fsp3) is 0.667. The minimum absolute atomic E-state index is 0.0424. The number of amides is 1. The average Bonchev–Trinajstić information content (AvgIpc) is 1.99. The zero-order valence-electron chi connectivity index (χ0n) is 6.32. The van der Waals surface area contributed by atoms with Crippen LogP contribution in [0.3, 0.4) is 0 Å². The summed E-state index contributed by atoms with van der Waals surface area (Å²) in [6.07, 6.45) is 1.46. The quantitative estimate of drug-likeness (QED) is 0.526. The second-order valence-corrected chi connectivity index (χ2v) is 2.30. The van der Waals surface area contributed by atoms with Crippen LogP contribution in [-0.4, -0.2) is 41.6 Å². The van der Waals surface area contributed by atoms with Crippen LogP contribution in [0.5, 0.6) is 0 Å². The molecule has 0 spiro atoms. The second kappa shape index (κ2) is 3.34. The Morgan fingerprint density at radius 3 is 3.27 bits per heavy atom. The van der Waals surface area contributed by atoms with Gasteiger partial charge in [-0.15, -0.1) is 0 Å². The van der Waals surface area contributed by atoms with Crippen molar-refractivity contribution < 1.29 is 9.90 Å². The SMILES string of the molecule is CC1N=CNN(CCO)C1=O. The topological polar surface area (TPSA) is 64.9 Å². The molecule has 1 aliphatic heterocycles. The van der Waals surface area contributed by atoms with Gasteiger partial charge in [-0.2, -0.15) is 0 Å². The van der Waals surface area contributed by atoms with E-state index in [0.717, 1.165) is 0 Å². The maximum absolute atomic E-state index is 11.2. The summed E-state index contributed by atoms with van der Waals surface area (Å²) in [5, 5.41) is 9.89. The first-order valence-corrected chi connectivity index (χ1v) is 3.45. The first kappa shape index (κ1) is 8.00. The van der Waals surface area contributed by atoms with Crippen LogP contribution >= 0.6 is 0 Å². The molecule has 0 bridgehead atoms. The number of β-amino-alcohol motifs (C(OH)–C–C–N with tert-alkyl or cyclic N) is 1. The third-order valence-electron chi connectivity index (χ3n) is 1.46. The molecule has 1 aliphatic rings. The summed E-state index contributed by atoms with van der Waals surface area (Å²) in [5.41, 5.74) is 2.63. The number of nitrogens with one attached hydrogen (secondary N) is 1. The highest BCUT2D eigenvalue weighted by Crippen LogP contribution is 1.98. The molecule has 2 N–H and O–H groups in total. The summed E-state index contributed by atoms with van der Waals surface area (Å²) >= 11 is 0. The molecule has 1 unspecified atom stereocenters. The number of carbonyl (C=O) groups is 1. The third-order valence-corrected chi connectivity index (χ3v) is 1.46. The molecule has 0 radical (unpaired) electrons. The van der Waals surface area contributed by atoms with Crippen LogP contribution in [-0.2, 0) is 4.79 Å². The molecule has 0 fully saturated rings. The van der Waals surface area contributed by atoms with Crippen molar-refractivity contribution in [3.63, 3.8) is 0 Å². The lowest BCUT2D eigenvalue weighted by atomic mass is 10.3. The van der Waals surface area contributed by atoms with Gasteiger partial charge in [0.05, 0.1) is 13.2 Å². The maximum atomic E-state index is 11.2. The maximum Gasteiger partial charge on any atom is 0.265 e. The number of nitrogens with zero attached hydrogens (tertiary/aromatic N) is 2. The van der Waals surface area contributed by atoms with Crippen LogP contribution in [0.25, 0.3) is 0 Å². The van der Waals surface area contributed by atoms with Gasteiger partial charge in [-0.25, -0.2) is 0 Å². The van der Waals surface area contributed by atoms with Crippen LogP contribution in [0, 0.1) is 0 Å². The number of hydrogen-bond donors (Lipinski definition) is 2. The van der Waals surface area contributed by atoms with Crippen molar-refractivity contribution in [2.45, 2.75) is 13.0 Å². The molecule has 5 heteroatoms. The lowest BCUT2D eigenvalue weighted by molar-refractivity contribution is -0.135. The lowest BCUT2D eigenvalue weighted by Gasteiger charge is -2.26. The van der Waals surface area contributed by atoms with Crippen LogP contribution in [0.4, 0.5) is 0 Å². The van der Waals surface area contributed by atoms with E-state index in [1.165, 1.54) is 11.3 Å². The summed E-state index contributed by atoms with van der Waals surface area (Å²) in [6.45, 7) is 1.97. The number of carbonyl (C=O) groups excluding carboxylic acids is 1. The van der Waals surface area contributed by atoms with Gasteiger partial charge < -0.3 is 5.11 Å². The van der Waals surface area contributed by atoms with Crippen molar-refractivity contribution in [1.82, 2.24) is 10.4 Å². The van der Waals surface area contributed by atoms with Gasteiger partial charge in [0, 0.05) is 0 Å². The van der Waals surface area contributed by atoms with E-state index < -0.39 is 0 Å². The molecule has 11 heavy (non-hydrogen) atoms. The standard InChI is InChI=1S/C6H11N3O2/c1-5-6(11)9(2-3-10)8-4-7-5/h4-5,10H,2-3H2,1H3,(H,7,8). The van der Waals surface area contributed by atoms with E-state index in [4.69, 9.17) is 5.11 Å². The summed E-state index contributed by atoms with van der Waals surface area (Å²) in [6, 6.07) is -0.331. The molecule has 1 amide bonds. The van der Waals surface area contributed by atoms with Gasteiger partial charge in [-0.05, 0) is 6.92 Å². The molecule has 62 valence electrons. The van der Waals surface area contributed by atoms with Gasteiger partial charge in [0.15, 0.2) is 0 Å². The molecule has 1 atom stereocenters. The number of hydrazine groups is 1. The van der Waals surface area contributed by atoms with Crippen molar-refractivity contribution in [2.24, 2.45) is 4.99 Å². The number of hydrogen-bond acceptors (Lipinski definition) is 4. The Labute approximate surface area is 64.7 Å². The van der Waals surface area contributed by atoms with Gasteiger partial charge in [0.1, 0.15) is 12.4 Å². The predicted octanol–water partition coefficient (Wildman–Crippen LogP) is -1.26. The van der Waals surface area contributed by atoms with Gasteiger partial charge in [-0.1, -0.05) is 0 Å². The Kier molecular flexibility index (Phi) is 2.43. The molecule has 0 aromatic carbocycles. The Balaban J connectivity index is 2.55. The Hall–Kier alpha value is -1.10. The molecular weight excluding hydrogens is 146 g/mol. The van der Waals surface area contributed by atoms with Crippen LogP contribution in [0.2, 0.25) is 0 Å². The molecular formula is C6H11N3O2. The summed E-state index contributed by atoms with van der Waals surface area (Å²) in [5.74, 6) is -0.110. The Morgan fingerprint density at radius 1 is 1.91 bits per heavy atom. The Morgan fingerprint density at radius 2 is 2.64 bits per heavy atom. The first-order chi connectivity index (χ1) is 5.25. The van der Waals surface area contributed by atoms with E-state index in [1.54, 1.807) is 6.92 Å². The zero-order chi connectivity index (χ0) is 8.27. The number of aliphatic hydroxyl groups excluding tert-OH is 1. The van der Waals surface area contributed by atoms with Crippen molar-refractivity contribution in [2.75, 3.05) is 13.2 Å². The summed E-state index contributed by atoms with van der Waals surface area (Å²) in [7, 11) is 0. The van der Waals surface area contributed by atoms with Crippen LogP contribution in [0.15, 0.2) is 4.99 Å². The third kappa shape index (κ3) is 1.68. The van der Waals surface area contributed by atoms with Crippen molar-refractivity contribution >= 4 is 12.2 Å². The van der Waals surface area contributed by atoms with Gasteiger partial charge >= 0.3 is 0 Å². The van der Waals surface area contributed by atoms with E-state index in [0.29, 0.717) is 6.54 Å². The molecule has 0 saturated heterocycles. The molecule has 0 aromatic rings. The van der Waals surface area contributed by atoms with Crippen molar-refractivity contribution in [1.29, 1.82) is 0 Å². The summed E-state index contributed by atoms with van der Waals surface area (Å²) < 4.78 is 0. The average molecular weight is 157 g/mol. The van der Waals surface area contributed by atoms with Crippen molar-refractivity contribution in [3.8, 4) is 0 Å². The summed E-state index contributed by atoms with van der Waals surface area (Å²) in [4.78, 5) is 15.0. The van der Waals surface area contributed by atoms with Crippen LogP contribution < -0.4 is 5.43 Å². The van der Waals surface area contributed by atoms with Gasteiger partial charge in [0.2, 0.25) is 0 Å². The van der Waals surface area contributed by atoms with E-state index in [-0.39, 0.29) is 18.6 Å². The minimum atomic E-state index is -0.331. The monoisotopic (exact) mass is 157 g/mol.